The number of piperazine rings is 1. The van der Waals surface area contributed by atoms with Gasteiger partial charge in [-0.2, -0.15) is 11.8 Å². The normalized spacial score (nSPS) is 21.2. The fourth-order valence-electron chi connectivity index (χ4n) is 1.86. The number of likely N-dealkylation sites (N-methyl/N-ethyl adjacent to an activating group) is 1. The van der Waals surface area contributed by atoms with Crippen molar-refractivity contribution in [3.05, 3.63) is 0 Å². The number of nitrogens with zero attached hydrogens (tertiary/aromatic N) is 2. The van der Waals surface area contributed by atoms with Crippen LogP contribution < -0.4 is 5.32 Å². The molecule has 1 aliphatic heterocycles. The summed E-state index contributed by atoms with van der Waals surface area (Å²) in [5.74, 6) is 0. The van der Waals surface area contributed by atoms with Crippen molar-refractivity contribution in [2.75, 3.05) is 59.1 Å². The van der Waals surface area contributed by atoms with Gasteiger partial charge in [0, 0.05) is 44.5 Å². The van der Waals surface area contributed by atoms with Crippen molar-refractivity contribution in [1.82, 2.24) is 15.1 Å². The Labute approximate surface area is 105 Å². The van der Waals surface area contributed by atoms with Crippen LogP contribution in [0.5, 0.6) is 0 Å². The number of hydrogen-bond acceptors (Lipinski definition) is 4. The quantitative estimate of drug-likeness (QED) is 0.673. The molecule has 1 saturated heterocycles. The lowest BCUT2D eigenvalue weighted by Crippen LogP contribution is -2.46. The lowest BCUT2D eigenvalue weighted by molar-refractivity contribution is 0.155. The molecule has 0 radical (unpaired) electrons. The fraction of sp³-hybridized carbons (Fsp3) is 1.00. The molecule has 0 aromatic carbocycles. The zero-order valence-corrected chi connectivity index (χ0v) is 11.9. The Balaban J connectivity index is 1.91. The minimum atomic E-state index is 0.788. The van der Waals surface area contributed by atoms with Crippen molar-refractivity contribution in [2.24, 2.45) is 0 Å². The average Bonchev–Trinajstić information content (AvgIpc) is 2.31. The number of hydrogen-bond donors (Lipinski definition) is 1. The first kappa shape index (κ1) is 14.3. The molecule has 1 N–H and O–H groups in total. The van der Waals surface area contributed by atoms with E-state index in [-0.39, 0.29) is 0 Å². The molecule has 4 heteroatoms. The van der Waals surface area contributed by atoms with Gasteiger partial charge in [0.2, 0.25) is 0 Å². The first-order valence-electron chi connectivity index (χ1n) is 6.37. The lowest BCUT2D eigenvalue weighted by Gasteiger charge is -2.32. The average molecular weight is 245 g/mol. The van der Waals surface area contributed by atoms with Crippen molar-refractivity contribution in [3.63, 3.8) is 0 Å². The van der Waals surface area contributed by atoms with Crippen molar-refractivity contribution in [3.8, 4) is 0 Å². The van der Waals surface area contributed by atoms with Crippen LogP contribution in [0.15, 0.2) is 0 Å². The standard InChI is InChI=1S/C12H27N3S/c1-12(16-3)4-5-13-6-7-15-10-8-14(2)9-11-15/h12-13H,4-11H2,1-3H3. The van der Waals surface area contributed by atoms with E-state index in [0.29, 0.717) is 0 Å². The lowest BCUT2D eigenvalue weighted by atomic mass is 10.3. The highest BCUT2D eigenvalue weighted by Gasteiger charge is 2.12. The van der Waals surface area contributed by atoms with Crippen LogP contribution in [-0.4, -0.2) is 74.2 Å². The first-order chi connectivity index (χ1) is 7.72. The fourth-order valence-corrected chi connectivity index (χ4v) is 2.21. The number of rotatable bonds is 7. The van der Waals surface area contributed by atoms with Crippen molar-refractivity contribution in [2.45, 2.75) is 18.6 Å². The van der Waals surface area contributed by atoms with Crippen LogP contribution in [0.25, 0.3) is 0 Å². The second-order valence-corrected chi connectivity index (χ2v) is 6.01. The van der Waals surface area contributed by atoms with E-state index in [1.807, 2.05) is 11.8 Å². The van der Waals surface area contributed by atoms with Gasteiger partial charge in [-0.25, -0.2) is 0 Å². The molecule has 1 fully saturated rings. The Hall–Kier alpha value is 0.230. The summed E-state index contributed by atoms with van der Waals surface area (Å²) in [5, 5.41) is 4.33. The Morgan fingerprint density at radius 1 is 1.19 bits per heavy atom. The summed E-state index contributed by atoms with van der Waals surface area (Å²) in [5.41, 5.74) is 0. The summed E-state index contributed by atoms with van der Waals surface area (Å²) in [6.07, 6.45) is 3.47. The summed E-state index contributed by atoms with van der Waals surface area (Å²) in [7, 11) is 2.21. The Morgan fingerprint density at radius 2 is 1.88 bits per heavy atom. The maximum atomic E-state index is 3.54. The van der Waals surface area contributed by atoms with E-state index in [1.165, 1.54) is 39.1 Å². The number of thioether (sulfide) groups is 1. The molecule has 0 aromatic rings. The van der Waals surface area contributed by atoms with Gasteiger partial charge in [-0.15, -0.1) is 0 Å². The molecular formula is C12H27N3S. The van der Waals surface area contributed by atoms with Crippen molar-refractivity contribution < 1.29 is 0 Å². The summed E-state index contributed by atoms with van der Waals surface area (Å²) in [4.78, 5) is 4.97. The molecule has 0 bridgehead atoms. The highest BCUT2D eigenvalue weighted by molar-refractivity contribution is 7.99. The second-order valence-electron chi connectivity index (χ2n) is 4.73. The van der Waals surface area contributed by atoms with E-state index in [9.17, 15) is 0 Å². The van der Waals surface area contributed by atoms with E-state index < -0.39 is 0 Å². The van der Waals surface area contributed by atoms with Crippen LogP contribution in [0.1, 0.15) is 13.3 Å². The summed E-state index contributed by atoms with van der Waals surface area (Å²) < 4.78 is 0. The highest BCUT2D eigenvalue weighted by atomic mass is 32.2. The minimum absolute atomic E-state index is 0.788. The van der Waals surface area contributed by atoms with Gasteiger partial charge < -0.3 is 10.2 Å². The number of nitrogens with one attached hydrogen (secondary N) is 1. The molecule has 0 aromatic heterocycles. The molecule has 0 spiro atoms. The van der Waals surface area contributed by atoms with Crippen LogP contribution in [0.2, 0.25) is 0 Å². The predicted molar refractivity (Wildman–Crippen MR) is 74.4 cm³/mol. The maximum Gasteiger partial charge on any atom is 0.0110 e. The van der Waals surface area contributed by atoms with Crippen LogP contribution in [0, 0.1) is 0 Å². The van der Waals surface area contributed by atoms with Gasteiger partial charge in [-0.3, -0.25) is 4.90 Å². The Bertz CT molecular complexity index is 170. The Kier molecular flexibility index (Phi) is 7.45. The SMILES string of the molecule is CSC(C)CCNCCN1CCN(C)CC1. The smallest absolute Gasteiger partial charge is 0.0110 e. The third-order valence-electron chi connectivity index (χ3n) is 3.33. The maximum absolute atomic E-state index is 3.54. The van der Waals surface area contributed by atoms with Gasteiger partial charge >= 0.3 is 0 Å². The molecule has 1 rings (SSSR count). The van der Waals surface area contributed by atoms with E-state index in [1.54, 1.807) is 0 Å². The molecule has 1 aliphatic rings. The minimum Gasteiger partial charge on any atom is -0.315 e. The van der Waals surface area contributed by atoms with Gasteiger partial charge in [0.25, 0.3) is 0 Å². The topological polar surface area (TPSA) is 18.5 Å². The molecule has 0 saturated carbocycles. The molecule has 0 amide bonds. The summed E-state index contributed by atoms with van der Waals surface area (Å²) in [6.45, 7) is 10.7. The third-order valence-corrected chi connectivity index (χ3v) is 4.37. The molecule has 0 aliphatic carbocycles. The molecule has 16 heavy (non-hydrogen) atoms. The van der Waals surface area contributed by atoms with Crippen molar-refractivity contribution >= 4 is 11.8 Å². The zero-order valence-electron chi connectivity index (χ0n) is 11.0. The summed E-state index contributed by atoms with van der Waals surface area (Å²) in [6, 6.07) is 0. The van der Waals surface area contributed by atoms with Gasteiger partial charge in [-0.05, 0) is 26.3 Å². The molecular weight excluding hydrogens is 218 g/mol. The second kappa shape index (κ2) is 8.34. The van der Waals surface area contributed by atoms with Crippen LogP contribution in [0.3, 0.4) is 0 Å². The largest absolute Gasteiger partial charge is 0.315 e. The predicted octanol–water partition coefficient (Wildman–Crippen LogP) is 0.965. The van der Waals surface area contributed by atoms with E-state index >= 15 is 0 Å². The van der Waals surface area contributed by atoms with Crippen LogP contribution >= 0.6 is 11.8 Å². The van der Waals surface area contributed by atoms with E-state index in [4.69, 9.17) is 0 Å². The van der Waals surface area contributed by atoms with Gasteiger partial charge in [-0.1, -0.05) is 6.92 Å². The molecule has 1 atom stereocenters. The van der Waals surface area contributed by atoms with Crippen LogP contribution in [0.4, 0.5) is 0 Å². The third kappa shape index (κ3) is 6.09. The van der Waals surface area contributed by atoms with Gasteiger partial charge in [0.15, 0.2) is 0 Å². The van der Waals surface area contributed by atoms with Gasteiger partial charge in [0.1, 0.15) is 0 Å². The summed E-state index contributed by atoms with van der Waals surface area (Å²) >= 11 is 1.96. The van der Waals surface area contributed by atoms with Gasteiger partial charge in [0.05, 0.1) is 0 Å². The zero-order chi connectivity index (χ0) is 11.8. The van der Waals surface area contributed by atoms with E-state index in [2.05, 4.69) is 35.3 Å². The molecule has 3 nitrogen and oxygen atoms in total. The molecule has 1 unspecified atom stereocenters. The van der Waals surface area contributed by atoms with E-state index in [0.717, 1.165) is 18.3 Å². The first-order valence-corrected chi connectivity index (χ1v) is 7.65. The van der Waals surface area contributed by atoms with Crippen LogP contribution in [-0.2, 0) is 0 Å². The monoisotopic (exact) mass is 245 g/mol. The highest BCUT2D eigenvalue weighted by Crippen LogP contribution is 2.07. The molecule has 96 valence electrons. The van der Waals surface area contributed by atoms with Crippen molar-refractivity contribution in [1.29, 1.82) is 0 Å². The Morgan fingerprint density at radius 3 is 2.50 bits per heavy atom. The molecule has 1 heterocycles.